The number of sulfonamides is 1. The van der Waals surface area contributed by atoms with E-state index >= 15 is 0 Å². The maximum Gasteiger partial charge on any atom is 0.267 e. The van der Waals surface area contributed by atoms with E-state index in [1.165, 1.54) is 0 Å². The molecule has 1 aliphatic heterocycles. The highest BCUT2D eigenvalue weighted by molar-refractivity contribution is 7.92. The second-order valence-corrected chi connectivity index (χ2v) is 6.59. The standard InChI is InChI=1S/C14H16N2O5S/c1-9-14(10(2)21-15-9)22(17,18)16-11-4-5-12-13(8-11)20-7-3-6-19-12/h4-5,8,16H,3,6-7H2,1-2H3. The first-order chi connectivity index (χ1) is 10.5. The fourth-order valence-corrected chi connectivity index (χ4v) is 3.67. The van der Waals surface area contributed by atoms with Crippen LogP contribution < -0.4 is 14.2 Å². The molecular weight excluding hydrogens is 308 g/mol. The average Bonchev–Trinajstić information content (AvgIpc) is 2.68. The van der Waals surface area contributed by atoms with Gasteiger partial charge in [0.25, 0.3) is 10.0 Å². The van der Waals surface area contributed by atoms with E-state index in [0.717, 1.165) is 6.42 Å². The summed E-state index contributed by atoms with van der Waals surface area (Å²) in [5.74, 6) is 1.38. The SMILES string of the molecule is Cc1noc(C)c1S(=O)(=O)Nc1ccc2c(c1)OCCCO2. The third-order valence-electron chi connectivity index (χ3n) is 3.24. The van der Waals surface area contributed by atoms with Crippen LogP contribution in [-0.2, 0) is 10.0 Å². The predicted molar refractivity (Wildman–Crippen MR) is 78.8 cm³/mol. The Morgan fingerprint density at radius 3 is 2.55 bits per heavy atom. The third kappa shape index (κ3) is 2.74. The quantitative estimate of drug-likeness (QED) is 0.931. The van der Waals surface area contributed by atoms with Crippen LogP contribution in [0, 0.1) is 13.8 Å². The van der Waals surface area contributed by atoms with Gasteiger partial charge in [-0.25, -0.2) is 8.42 Å². The summed E-state index contributed by atoms with van der Waals surface area (Å²) in [7, 11) is -3.77. The Balaban J connectivity index is 1.91. The molecule has 0 saturated carbocycles. The number of fused-ring (bicyclic) bond motifs is 1. The van der Waals surface area contributed by atoms with Crippen LogP contribution in [0.5, 0.6) is 11.5 Å². The molecule has 7 nitrogen and oxygen atoms in total. The smallest absolute Gasteiger partial charge is 0.267 e. The number of aromatic nitrogens is 1. The van der Waals surface area contributed by atoms with Crippen LogP contribution in [-0.4, -0.2) is 26.8 Å². The van der Waals surface area contributed by atoms with Crippen molar-refractivity contribution in [2.75, 3.05) is 17.9 Å². The second kappa shape index (κ2) is 5.53. The zero-order valence-corrected chi connectivity index (χ0v) is 13.1. The molecule has 1 aromatic heterocycles. The van der Waals surface area contributed by atoms with E-state index in [1.807, 2.05) is 0 Å². The molecule has 1 aromatic carbocycles. The van der Waals surface area contributed by atoms with Crippen molar-refractivity contribution in [2.45, 2.75) is 25.2 Å². The van der Waals surface area contributed by atoms with Crippen molar-refractivity contribution in [3.8, 4) is 11.5 Å². The Labute approximate surface area is 128 Å². The lowest BCUT2D eigenvalue weighted by Crippen LogP contribution is -2.14. The molecule has 2 heterocycles. The molecule has 8 heteroatoms. The number of nitrogens with zero attached hydrogens (tertiary/aromatic N) is 1. The van der Waals surface area contributed by atoms with Crippen molar-refractivity contribution in [1.82, 2.24) is 5.16 Å². The zero-order valence-electron chi connectivity index (χ0n) is 12.3. The first kappa shape index (κ1) is 14.7. The molecule has 0 unspecified atom stereocenters. The molecule has 0 amide bonds. The van der Waals surface area contributed by atoms with Crippen molar-refractivity contribution >= 4 is 15.7 Å². The van der Waals surface area contributed by atoms with E-state index in [9.17, 15) is 8.42 Å². The molecule has 3 rings (SSSR count). The third-order valence-corrected chi connectivity index (χ3v) is 4.86. The molecule has 22 heavy (non-hydrogen) atoms. The van der Waals surface area contributed by atoms with Gasteiger partial charge in [0.05, 0.1) is 18.9 Å². The Bertz CT molecular complexity index is 778. The van der Waals surface area contributed by atoms with Crippen LogP contribution in [0.4, 0.5) is 5.69 Å². The topological polar surface area (TPSA) is 90.7 Å². The lowest BCUT2D eigenvalue weighted by atomic mass is 10.3. The highest BCUT2D eigenvalue weighted by atomic mass is 32.2. The van der Waals surface area contributed by atoms with Gasteiger partial charge in [0.1, 0.15) is 5.69 Å². The van der Waals surface area contributed by atoms with E-state index in [0.29, 0.717) is 36.1 Å². The lowest BCUT2D eigenvalue weighted by molar-refractivity contribution is 0.297. The first-order valence-corrected chi connectivity index (χ1v) is 8.31. The molecule has 0 bridgehead atoms. The van der Waals surface area contributed by atoms with Gasteiger partial charge in [0.2, 0.25) is 0 Å². The van der Waals surface area contributed by atoms with Crippen LogP contribution in [0.1, 0.15) is 17.9 Å². The van der Waals surface area contributed by atoms with Gasteiger partial charge < -0.3 is 14.0 Å². The van der Waals surface area contributed by atoms with E-state index in [4.69, 9.17) is 14.0 Å². The second-order valence-electron chi connectivity index (χ2n) is 4.97. The maximum absolute atomic E-state index is 12.5. The molecule has 1 aliphatic rings. The molecule has 0 saturated heterocycles. The monoisotopic (exact) mass is 324 g/mol. The molecule has 0 spiro atoms. The minimum Gasteiger partial charge on any atom is -0.490 e. The Morgan fingerprint density at radius 1 is 1.14 bits per heavy atom. The summed E-state index contributed by atoms with van der Waals surface area (Å²) in [6.45, 7) is 4.26. The molecule has 0 atom stereocenters. The summed E-state index contributed by atoms with van der Waals surface area (Å²) in [4.78, 5) is 0.0552. The van der Waals surface area contributed by atoms with Crippen LogP contribution in [0.3, 0.4) is 0 Å². The minimum absolute atomic E-state index is 0.0552. The summed E-state index contributed by atoms with van der Waals surface area (Å²) >= 11 is 0. The van der Waals surface area contributed by atoms with E-state index < -0.39 is 10.0 Å². The molecule has 0 radical (unpaired) electrons. The van der Waals surface area contributed by atoms with Crippen LogP contribution >= 0.6 is 0 Å². The summed E-state index contributed by atoms with van der Waals surface area (Å²) in [6.07, 6.45) is 0.787. The molecule has 2 aromatic rings. The van der Waals surface area contributed by atoms with Gasteiger partial charge in [-0.1, -0.05) is 5.16 Å². The van der Waals surface area contributed by atoms with Gasteiger partial charge in [0.15, 0.2) is 22.2 Å². The summed E-state index contributed by atoms with van der Waals surface area (Å²) in [6, 6.07) is 4.92. The van der Waals surface area contributed by atoms with Crippen molar-refractivity contribution in [3.05, 3.63) is 29.7 Å². The Kier molecular flexibility index (Phi) is 3.69. The number of aryl methyl sites for hydroxylation is 2. The van der Waals surface area contributed by atoms with E-state index in [1.54, 1.807) is 32.0 Å². The van der Waals surface area contributed by atoms with Crippen LogP contribution in [0.2, 0.25) is 0 Å². The number of rotatable bonds is 3. The van der Waals surface area contributed by atoms with Gasteiger partial charge in [-0.3, -0.25) is 4.72 Å². The van der Waals surface area contributed by atoms with Gasteiger partial charge in [-0.05, 0) is 26.0 Å². The van der Waals surface area contributed by atoms with E-state index in [-0.39, 0.29) is 10.7 Å². The molecular formula is C14H16N2O5S. The van der Waals surface area contributed by atoms with Crippen LogP contribution in [0.25, 0.3) is 0 Å². The van der Waals surface area contributed by atoms with Gasteiger partial charge in [-0.15, -0.1) is 0 Å². The summed E-state index contributed by atoms with van der Waals surface area (Å²) < 4.78 is 43.4. The Hall–Kier alpha value is -2.22. The van der Waals surface area contributed by atoms with E-state index in [2.05, 4.69) is 9.88 Å². The average molecular weight is 324 g/mol. The van der Waals surface area contributed by atoms with Gasteiger partial charge in [-0.2, -0.15) is 0 Å². The van der Waals surface area contributed by atoms with Crippen molar-refractivity contribution in [1.29, 1.82) is 0 Å². The van der Waals surface area contributed by atoms with Crippen molar-refractivity contribution in [2.24, 2.45) is 0 Å². The van der Waals surface area contributed by atoms with Crippen LogP contribution in [0.15, 0.2) is 27.6 Å². The molecule has 118 valence electrons. The minimum atomic E-state index is -3.77. The van der Waals surface area contributed by atoms with Gasteiger partial charge in [0, 0.05) is 12.5 Å². The predicted octanol–water partition coefficient (Wildman–Crippen LogP) is 2.25. The Morgan fingerprint density at radius 2 is 1.86 bits per heavy atom. The lowest BCUT2D eigenvalue weighted by Gasteiger charge is -2.11. The maximum atomic E-state index is 12.5. The highest BCUT2D eigenvalue weighted by Gasteiger charge is 2.24. The molecule has 0 aliphatic carbocycles. The summed E-state index contributed by atoms with van der Waals surface area (Å²) in [5, 5.41) is 3.67. The summed E-state index contributed by atoms with van der Waals surface area (Å²) in [5.41, 5.74) is 0.712. The largest absolute Gasteiger partial charge is 0.490 e. The fraction of sp³-hybridized carbons (Fsp3) is 0.357. The van der Waals surface area contributed by atoms with Gasteiger partial charge >= 0.3 is 0 Å². The first-order valence-electron chi connectivity index (χ1n) is 6.83. The normalized spacial score (nSPS) is 14.5. The molecule has 1 N–H and O–H groups in total. The van der Waals surface area contributed by atoms with Crippen molar-refractivity contribution in [3.63, 3.8) is 0 Å². The number of benzene rings is 1. The fourth-order valence-electron chi connectivity index (χ4n) is 2.29. The number of hydrogen-bond acceptors (Lipinski definition) is 6. The molecule has 0 fully saturated rings. The number of ether oxygens (including phenoxy) is 2. The number of hydrogen-bond donors (Lipinski definition) is 1. The van der Waals surface area contributed by atoms with Crippen molar-refractivity contribution < 1.29 is 22.4 Å². The highest BCUT2D eigenvalue weighted by Crippen LogP contribution is 2.33. The zero-order chi connectivity index (χ0) is 15.7. The number of nitrogens with one attached hydrogen (secondary N) is 1. The number of anilines is 1.